The first-order valence-corrected chi connectivity index (χ1v) is 9.20. The molecule has 0 bridgehead atoms. The molecule has 0 fully saturated rings. The monoisotopic (exact) mass is 337 g/mol. The molecule has 0 unspecified atom stereocenters. The molecule has 5 nitrogen and oxygen atoms in total. The molecule has 2 heterocycles. The second-order valence-electron chi connectivity index (χ2n) is 4.91. The number of nitrogens with one attached hydrogen (secondary N) is 2. The summed E-state index contributed by atoms with van der Waals surface area (Å²) in [5, 5.41) is 11.0. The molecule has 0 aliphatic heterocycles. The smallest absolute Gasteiger partial charge is 0.191 e. The largest absolute Gasteiger partial charge is 0.356 e. The predicted molar refractivity (Wildman–Crippen MR) is 94.9 cm³/mol. The van der Waals surface area contributed by atoms with Crippen molar-refractivity contribution in [2.45, 2.75) is 39.7 Å². The number of hydrogen-bond donors (Lipinski definition) is 2. The minimum Gasteiger partial charge on any atom is -0.356 e. The predicted octanol–water partition coefficient (Wildman–Crippen LogP) is 2.77. The molecule has 0 spiro atoms. The Labute approximate surface area is 139 Å². The number of rotatable bonds is 7. The summed E-state index contributed by atoms with van der Waals surface area (Å²) in [6.45, 7) is 5.79. The standard InChI is InChI=1S/C15H23N5S2/c1-4-12-8-18-14(22-12)9-19-15(16-3)17-7-5-6-13-20-11(2)10-21-13/h8,10H,4-7,9H2,1-3H3,(H2,16,17,19). The lowest BCUT2D eigenvalue weighted by atomic mass is 10.3. The summed E-state index contributed by atoms with van der Waals surface area (Å²) in [7, 11) is 1.79. The Kier molecular flexibility index (Phi) is 6.79. The van der Waals surface area contributed by atoms with Crippen LogP contribution in [-0.4, -0.2) is 29.5 Å². The van der Waals surface area contributed by atoms with Gasteiger partial charge in [-0.15, -0.1) is 22.7 Å². The van der Waals surface area contributed by atoms with Crippen LogP contribution >= 0.6 is 22.7 Å². The van der Waals surface area contributed by atoms with Crippen LogP contribution in [0.3, 0.4) is 0 Å². The van der Waals surface area contributed by atoms with E-state index in [1.165, 1.54) is 9.88 Å². The number of hydrogen-bond acceptors (Lipinski definition) is 5. The molecule has 7 heteroatoms. The van der Waals surface area contributed by atoms with Crippen molar-refractivity contribution in [1.82, 2.24) is 20.6 Å². The van der Waals surface area contributed by atoms with Gasteiger partial charge in [0.05, 0.1) is 11.6 Å². The van der Waals surface area contributed by atoms with Crippen molar-refractivity contribution >= 4 is 28.6 Å². The maximum absolute atomic E-state index is 4.47. The molecule has 0 aromatic carbocycles. The van der Waals surface area contributed by atoms with Crippen LogP contribution in [0, 0.1) is 6.92 Å². The van der Waals surface area contributed by atoms with E-state index in [2.05, 4.69) is 37.9 Å². The first-order chi connectivity index (χ1) is 10.7. The molecular weight excluding hydrogens is 314 g/mol. The molecule has 0 atom stereocenters. The molecule has 2 N–H and O–H groups in total. The molecule has 2 aromatic rings. The summed E-state index contributed by atoms with van der Waals surface area (Å²) in [4.78, 5) is 14.4. The summed E-state index contributed by atoms with van der Waals surface area (Å²) in [5.41, 5.74) is 1.11. The van der Waals surface area contributed by atoms with Gasteiger partial charge >= 0.3 is 0 Å². The highest BCUT2D eigenvalue weighted by atomic mass is 32.1. The average Bonchev–Trinajstić information content (AvgIpc) is 3.15. The normalized spacial score (nSPS) is 11.7. The van der Waals surface area contributed by atoms with Crippen LogP contribution in [0.15, 0.2) is 16.6 Å². The molecule has 0 aliphatic carbocycles. The van der Waals surface area contributed by atoms with E-state index >= 15 is 0 Å². The molecule has 120 valence electrons. The summed E-state index contributed by atoms with van der Waals surface area (Å²) in [5.74, 6) is 0.823. The van der Waals surface area contributed by atoms with Gasteiger partial charge in [-0.3, -0.25) is 4.99 Å². The van der Waals surface area contributed by atoms with Crippen molar-refractivity contribution < 1.29 is 0 Å². The molecular formula is C15H23N5S2. The molecule has 2 aromatic heterocycles. The Balaban J connectivity index is 1.66. The molecule has 0 saturated heterocycles. The second-order valence-corrected chi connectivity index (χ2v) is 7.05. The average molecular weight is 338 g/mol. The van der Waals surface area contributed by atoms with Gasteiger partial charge in [-0.1, -0.05) is 6.92 Å². The Morgan fingerprint density at radius 3 is 2.82 bits per heavy atom. The lowest BCUT2D eigenvalue weighted by Gasteiger charge is -2.10. The third-order valence-corrected chi connectivity index (χ3v) is 5.28. The number of aromatic nitrogens is 2. The van der Waals surface area contributed by atoms with Gasteiger partial charge in [0.2, 0.25) is 0 Å². The Morgan fingerprint density at radius 2 is 2.18 bits per heavy atom. The van der Waals surface area contributed by atoms with Gasteiger partial charge in [-0.2, -0.15) is 0 Å². The number of nitrogens with zero attached hydrogens (tertiary/aromatic N) is 3. The maximum Gasteiger partial charge on any atom is 0.191 e. The van der Waals surface area contributed by atoms with Crippen molar-refractivity contribution in [2.75, 3.05) is 13.6 Å². The lowest BCUT2D eigenvalue weighted by Crippen LogP contribution is -2.37. The van der Waals surface area contributed by atoms with Crippen LogP contribution in [0.5, 0.6) is 0 Å². The number of thiazole rings is 2. The van der Waals surface area contributed by atoms with E-state index in [0.717, 1.165) is 49.0 Å². The van der Waals surface area contributed by atoms with Crippen LogP contribution in [0.1, 0.15) is 33.9 Å². The first kappa shape index (κ1) is 16.9. The van der Waals surface area contributed by atoms with Crippen LogP contribution in [-0.2, 0) is 19.4 Å². The van der Waals surface area contributed by atoms with Crippen molar-refractivity contribution in [3.05, 3.63) is 32.2 Å². The number of guanidine groups is 1. The molecule has 0 radical (unpaired) electrons. The van der Waals surface area contributed by atoms with E-state index in [4.69, 9.17) is 0 Å². The van der Waals surface area contributed by atoms with Gasteiger partial charge < -0.3 is 10.6 Å². The molecule has 2 rings (SSSR count). The van der Waals surface area contributed by atoms with Crippen LogP contribution in [0.25, 0.3) is 0 Å². The van der Waals surface area contributed by atoms with E-state index in [0.29, 0.717) is 0 Å². The molecule has 0 amide bonds. The van der Waals surface area contributed by atoms with Gasteiger partial charge in [0, 0.05) is 42.2 Å². The zero-order valence-corrected chi connectivity index (χ0v) is 15.0. The molecule has 0 aliphatic rings. The van der Waals surface area contributed by atoms with E-state index in [1.54, 1.807) is 29.7 Å². The van der Waals surface area contributed by atoms with Crippen molar-refractivity contribution in [1.29, 1.82) is 0 Å². The zero-order valence-electron chi connectivity index (χ0n) is 13.3. The van der Waals surface area contributed by atoms with E-state index in [9.17, 15) is 0 Å². The molecule has 22 heavy (non-hydrogen) atoms. The zero-order chi connectivity index (χ0) is 15.8. The second kappa shape index (κ2) is 8.85. The molecule has 0 saturated carbocycles. The fraction of sp³-hybridized carbons (Fsp3) is 0.533. The van der Waals surface area contributed by atoms with E-state index in [-0.39, 0.29) is 0 Å². The highest BCUT2D eigenvalue weighted by Gasteiger charge is 2.03. The SMILES string of the molecule is CCc1cnc(CNC(=NC)NCCCc2nc(C)cs2)s1. The Bertz CT molecular complexity index is 603. The van der Waals surface area contributed by atoms with Crippen LogP contribution < -0.4 is 10.6 Å². The van der Waals surface area contributed by atoms with Gasteiger partial charge in [-0.05, 0) is 19.8 Å². The fourth-order valence-electron chi connectivity index (χ4n) is 1.94. The van der Waals surface area contributed by atoms with Gasteiger partial charge in [0.1, 0.15) is 5.01 Å². The maximum atomic E-state index is 4.47. The lowest BCUT2D eigenvalue weighted by molar-refractivity contribution is 0.738. The number of aliphatic imine (C=N–C) groups is 1. The summed E-state index contributed by atoms with van der Waals surface area (Å²) in [6.07, 6.45) is 5.05. The van der Waals surface area contributed by atoms with E-state index < -0.39 is 0 Å². The highest BCUT2D eigenvalue weighted by Crippen LogP contribution is 2.12. The summed E-state index contributed by atoms with van der Waals surface area (Å²) in [6, 6.07) is 0. The van der Waals surface area contributed by atoms with Crippen molar-refractivity contribution in [3.63, 3.8) is 0 Å². The topological polar surface area (TPSA) is 62.2 Å². The Morgan fingerprint density at radius 1 is 1.32 bits per heavy atom. The highest BCUT2D eigenvalue weighted by molar-refractivity contribution is 7.11. The van der Waals surface area contributed by atoms with Crippen LogP contribution in [0.4, 0.5) is 0 Å². The van der Waals surface area contributed by atoms with Crippen molar-refractivity contribution in [2.24, 2.45) is 4.99 Å². The number of aryl methyl sites for hydroxylation is 3. The third kappa shape index (κ3) is 5.38. The summed E-state index contributed by atoms with van der Waals surface area (Å²) < 4.78 is 0. The minimum absolute atomic E-state index is 0.718. The van der Waals surface area contributed by atoms with Crippen LogP contribution in [0.2, 0.25) is 0 Å². The quantitative estimate of drug-likeness (QED) is 0.463. The fourth-order valence-corrected chi connectivity index (χ4v) is 3.56. The van der Waals surface area contributed by atoms with Gasteiger partial charge in [0.15, 0.2) is 5.96 Å². The van der Waals surface area contributed by atoms with E-state index in [1.807, 2.05) is 13.1 Å². The van der Waals surface area contributed by atoms with Gasteiger partial charge in [0.25, 0.3) is 0 Å². The van der Waals surface area contributed by atoms with Gasteiger partial charge in [-0.25, -0.2) is 9.97 Å². The van der Waals surface area contributed by atoms with Crippen molar-refractivity contribution in [3.8, 4) is 0 Å². The Hall–Kier alpha value is -1.47. The summed E-state index contributed by atoms with van der Waals surface area (Å²) >= 11 is 3.48. The first-order valence-electron chi connectivity index (χ1n) is 7.50. The third-order valence-electron chi connectivity index (χ3n) is 3.11. The minimum atomic E-state index is 0.718.